The summed E-state index contributed by atoms with van der Waals surface area (Å²) in [5.74, 6) is -0.853. The maximum Gasteiger partial charge on any atom is 0.266 e. The number of hydrogen-bond donors (Lipinski definition) is 1. The summed E-state index contributed by atoms with van der Waals surface area (Å²) >= 11 is 0. The minimum atomic E-state index is -0.398. The highest BCUT2D eigenvalue weighted by atomic mass is 16.3. The Morgan fingerprint density at radius 3 is 2.10 bits per heavy atom. The fraction of sp³-hybridized carbons (Fsp3) is 0.125. The average Bonchev–Trinajstić information content (AvgIpc) is 2.72. The van der Waals surface area contributed by atoms with E-state index in [4.69, 9.17) is 0 Å². The molecule has 0 atom stereocenters. The molecule has 0 radical (unpaired) electrons. The lowest BCUT2D eigenvalue weighted by Gasteiger charge is -2.16. The first kappa shape index (κ1) is 12.4. The molecule has 100 valence electrons. The molecular weight excluding hydrogens is 254 g/mol. The SMILES string of the molecule is CCc1ccc(N2C(=O)c3ccccc3C2=O)c(O)c1. The maximum atomic E-state index is 12.3. The van der Waals surface area contributed by atoms with Crippen molar-refractivity contribution in [2.45, 2.75) is 13.3 Å². The maximum absolute atomic E-state index is 12.3. The number of aryl methyl sites for hydroxylation is 1. The molecule has 2 aromatic carbocycles. The van der Waals surface area contributed by atoms with Gasteiger partial charge in [-0.3, -0.25) is 9.59 Å². The minimum Gasteiger partial charge on any atom is -0.506 e. The molecule has 0 fully saturated rings. The molecule has 1 aliphatic rings. The predicted octanol–water partition coefficient (Wildman–Crippen LogP) is 2.76. The van der Waals surface area contributed by atoms with Gasteiger partial charge >= 0.3 is 0 Å². The monoisotopic (exact) mass is 267 g/mol. The molecule has 4 nitrogen and oxygen atoms in total. The minimum absolute atomic E-state index is 0.0566. The molecular formula is C16H13NO3. The molecule has 1 N–H and O–H groups in total. The second-order valence-corrected chi connectivity index (χ2v) is 4.67. The van der Waals surface area contributed by atoms with E-state index in [1.165, 1.54) is 0 Å². The topological polar surface area (TPSA) is 57.6 Å². The summed E-state index contributed by atoms with van der Waals surface area (Å²) in [5.41, 5.74) is 1.92. The standard InChI is InChI=1S/C16H13NO3/c1-2-10-7-8-13(14(18)9-10)17-15(19)11-5-3-4-6-12(11)16(17)20/h3-9,18H,2H2,1H3. The lowest BCUT2D eigenvalue weighted by atomic mass is 10.1. The number of fused-ring (bicyclic) bond motifs is 1. The Labute approximate surface area is 116 Å². The average molecular weight is 267 g/mol. The molecule has 0 spiro atoms. The van der Waals surface area contributed by atoms with E-state index < -0.39 is 11.8 Å². The third kappa shape index (κ3) is 1.69. The molecule has 1 heterocycles. The van der Waals surface area contributed by atoms with Crippen LogP contribution in [0.2, 0.25) is 0 Å². The number of carbonyl (C=O) groups is 2. The van der Waals surface area contributed by atoms with E-state index in [0.29, 0.717) is 11.1 Å². The molecule has 2 aromatic rings. The molecule has 0 saturated heterocycles. The van der Waals surface area contributed by atoms with Crippen molar-refractivity contribution in [3.05, 3.63) is 59.2 Å². The Kier molecular flexibility index (Phi) is 2.79. The van der Waals surface area contributed by atoms with Gasteiger partial charge in [-0.15, -0.1) is 0 Å². The van der Waals surface area contributed by atoms with E-state index >= 15 is 0 Å². The summed E-state index contributed by atoms with van der Waals surface area (Å²) in [4.78, 5) is 25.6. The van der Waals surface area contributed by atoms with Gasteiger partial charge in [0.2, 0.25) is 0 Å². The van der Waals surface area contributed by atoms with Crippen molar-refractivity contribution in [3.63, 3.8) is 0 Å². The van der Waals surface area contributed by atoms with Crippen LogP contribution in [0.15, 0.2) is 42.5 Å². The molecule has 0 unspecified atom stereocenters. The van der Waals surface area contributed by atoms with Crippen LogP contribution in [0.5, 0.6) is 5.75 Å². The van der Waals surface area contributed by atoms with Crippen molar-refractivity contribution >= 4 is 17.5 Å². The quantitative estimate of drug-likeness (QED) is 0.851. The van der Waals surface area contributed by atoms with Crippen LogP contribution >= 0.6 is 0 Å². The summed E-state index contributed by atoms with van der Waals surface area (Å²) < 4.78 is 0. The number of phenolic OH excluding ortho intramolecular Hbond substituents is 1. The van der Waals surface area contributed by atoms with Crippen LogP contribution in [-0.4, -0.2) is 16.9 Å². The first-order valence-electron chi connectivity index (χ1n) is 6.43. The summed E-state index contributed by atoms with van der Waals surface area (Å²) in [7, 11) is 0. The Hall–Kier alpha value is -2.62. The van der Waals surface area contributed by atoms with Gasteiger partial charge in [-0.2, -0.15) is 0 Å². The lowest BCUT2D eigenvalue weighted by molar-refractivity contribution is 0.0925. The van der Waals surface area contributed by atoms with Crippen molar-refractivity contribution in [2.75, 3.05) is 4.90 Å². The number of anilines is 1. The van der Waals surface area contributed by atoms with Crippen molar-refractivity contribution < 1.29 is 14.7 Å². The summed E-state index contributed by atoms with van der Waals surface area (Å²) in [6, 6.07) is 11.7. The molecule has 1 aliphatic heterocycles. The summed E-state index contributed by atoms with van der Waals surface area (Å²) in [6.07, 6.45) is 0.774. The largest absolute Gasteiger partial charge is 0.506 e. The lowest BCUT2D eigenvalue weighted by Crippen LogP contribution is -2.29. The molecule has 0 bridgehead atoms. The van der Waals surface area contributed by atoms with Crippen LogP contribution < -0.4 is 4.90 Å². The van der Waals surface area contributed by atoms with Gasteiger partial charge in [0.15, 0.2) is 0 Å². The molecule has 2 amide bonds. The number of aromatic hydroxyl groups is 1. The van der Waals surface area contributed by atoms with E-state index in [9.17, 15) is 14.7 Å². The number of phenols is 1. The van der Waals surface area contributed by atoms with Crippen molar-refractivity contribution in [1.29, 1.82) is 0 Å². The van der Waals surface area contributed by atoms with Gasteiger partial charge in [-0.05, 0) is 36.2 Å². The number of hydrogen-bond acceptors (Lipinski definition) is 3. The number of nitrogens with zero attached hydrogens (tertiary/aromatic N) is 1. The third-order valence-electron chi connectivity index (χ3n) is 3.48. The number of imide groups is 1. The van der Waals surface area contributed by atoms with Gasteiger partial charge in [0.1, 0.15) is 5.75 Å². The molecule has 4 heteroatoms. The molecule has 0 aromatic heterocycles. The van der Waals surface area contributed by atoms with Crippen LogP contribution in [-0.2, 0) is 6.42 Å². The smallest absolute Gasteiger partial charge is 0.266 e. The zero-order valence-corrected chi connectivity index (χ0v) is 11.0. The first-order valence-corrected chi connectivity index (χ1v) is 6.43. The number of amides is 2. The zero-order valence-electron chi connectivity index (χ0n) is 11.0. The zero-order chi connectivity index (χ0) is 14.3. The highest BCUT2D eigenvalue weighted by molar-refractivity contribution is 6.34. The summed E-state index contributed by atoms with van der Waals surface area (Å²) in [5, 5.41) is 10.1. The molecule has 0 aliphatic carbocycles. The first-order chi connectivity index (χ1) is 9.63. The van der Waals surface area contributed by atoms with E-state index in [1.54, 1.807) is 42.5 Å². The Morgan fingerprint density at radius 2 is 1.60 bits per heavy atom. The Balaban J connectivity index is 2.09. The van der Waals surface area contributed by atoms with Crippen molar-refractivity contribution in [1.82, 2.24) is 0 Å². The van der Waals surface area contributed by atoms with E-state index in [2.05, 4.69) is 0 Å². The van der Waals surface area contributed by atoms with Gasteiger partial charge in [0, 0.05) is 0 Å². The van der Waals surface area contributed by atoms with Gasteiger partial charge in [0.25, 0.3) is 11.8 Å². The fourth-order valence-electron chi connectivity index (χ4n) is 2.39. The van der Waals surface area contributed by atoms with Crippen molar-refractivity contribution in [2.24, 2.45) is 0 Å². The second kappa shape index (κ2) is 4.49. The van der Waals surface area contributed by atoms with Gasteiger partial charge in [-0.25, -0.2) is 4.90 Å². The van der Waals surface area contributed by atoms with E-state index in [1.807, 2.05) is 6.92 Å². The molecule has 3 rings (SSSR count). The van der Waals surface area contributed by atoms with Crippen LogP contribution in [0, 0.1) is 0 Å². The van der Waals surface area contributed by atoms with Gasteiger partial charge in [-0.1, -0.05) is 25.1 Å². The predicted molar refractivity (Wildman–Crippen MR) is 75.1 cm³/mol. The Bertz CT molecular complexity index is 686. The van der Waals surface area contributed by atoms with Gasteiger partial charge in [0.05, 0.1) is 16.8 Å². The van der Waals surface area contributed by atoms with E-state index in [-0.39, 0.29) is 11.4 Å². The fourth-order valence-corrected chi connectivity index (χ4v) is 2.39. The highest BCUT2D eigenvalue weighted by Crippen LogP contribution is 2.34. The van der Waals surface area contributed by atoms with Crippen LogP contribution in [0.1, 0.15) is 33.2 Å². The second-order valence-electron chi connectivity index (χ2n) is 4.67. The Morgan fingerprint density at radius 1 is 1.00 bits per heavy atom. The number of carbonyl (C=O) groups excluding carboxylic acids is 2. The van der Waals surface area contributed by atoms with Crippen LogP contribution in [0.3, 0.4) is 0 Å². The summed E-state index contributed by atoms with van der Waals surface area (Å²) in [6.45, 7) is 1.97. The number of benzene rings is 2. The number of rotatable bonds is 2. The molecule has 20 heavy (non-hydrogen) atoms. The third-order valence-corrected chi connectivity index (χ3v) is 3.48. The highest BCUT2D eigenvalue weighted by Gasteiger charge is 2.37. The molecule has 0 saturated carbocycles. The van der Waals surface area contributed by atoms with Crippen LogP contribution in [0.25, 0.3) is 0 Å². The van der Waals surface area contributed by atoms with Crippen molar-refractivity contribution in [3.8, 4) is 5.75 Å². The van der Waals surface area contributed by atoms with Crippen LogP contribution in [0.4, 0.5) is 5.69 Å². The normalized spacial score (nSPS) is 13.8. The van der Waals surface area contributed by atoms with Gasteiger partial charge < -0.3 is 5.11 Å². The van der Waals surface area contributed by atoms with E-state index in [0.717, 1.165) is 16.9 Å².